The number of aromatic nitrogens is 3. The molecule has 0 saturated heterocycles. The number of pyridine rings is 1. The second-order valence-corrected chi connectivity index (χ2v) is 4.57. The van der Waals surface area contributed by atoms with E-state index in [0.717, 1.165) is 22.5 Å². The molecule has 0 aliphatic rings. The Morgan fingerprint density at radius 3 is 2.45 bits per heavy atom. The fourth-order valence-electron chi connectivity index (χ4n) is 2.10. The van der Waals surface area contributed by atoms with Crippen molar-refractivity contribution in [3.63, 3.8) is 0 Å². The van der Waals surface area contributed by atoms with Gasteiger partial charge < -0.3 is 4.57 Å². The van der Waals surface area contributed by atoms with Gasteiger partial charge in [0, 0.05) is 25.0 Å². The minimum absolute atomic E-state index is 0.999. The third-order valence-electron chi connectivity index (χ3n) is 3.17. The van der Waals surface area contributed by atoms with E-state index in [9.17, 15) is 0 Å². The van der Waals surface area contributed by atoms with Gasteiger partial charge in [0.15, 0.2) is 0 Å². The highest BCUT2D eigenvalue weighted by Crippen LogP contribution is 2.23. The standard InChI is InChI=1S/C17H15N3/c1-20-13-19-17(15-5-3-2-4-6-15)16(20)8-7-14-9-11-18-12-10-14/h2-13H,1H3. The van der Waals surface area contributed by atoms with E-state index in [1.54, 1.807) is 12.4 Å². The molecule has 0 N–H and O–H groups in total. The van der Waals surface area contributed by atoms with Crippen LogP contribution in [0.1, 0.15) is 11.3 Å². The van der Waals surface area contributed by atoms with E-state index in [0.29, 0.717) is 0 Å². The minimum atomic E-state index is 0.999. The molecule has 1 aromatic carbocycles. The summed E-state index contributed by atoms with van der Waals surface area (Å²) < 4.78 is 2.03. The summed E-state index contributed by atoms with van der Waals surface area (Å²) in [6.45, 7) is 0. The predicted molar refractivity (Wildman–Crippen MR) is 81.8 cm³/mol. The lowest BCUT2D eigenvalue weighted by atomic mass is 10.1. The third-order valence-corrected chi connectivity index (χ3v) is 3.17. The Kier molecular flexibility index (Phi) is 3.42. The Balaban J connectivity index is 1.98. The zero-order valence-corrected chi connectivity index (χ0v) is 11.3. The number of benzene rings is 1. The number of imidazole rings is 1. The van der Waals surface area contributed by atoms with E-state index >= 15 is 0 Å². The van der Waals surface area contributed by atoms with Crippen molar-refractivity contribution in [3.05, 3.63) is 72.4 Å². The summed E-state index contributed by atoms with van der Waals surface area (Å²) in [6.07, 6.45) is 9.59. The van der Waals surface area contributed by atoms with E-state index in [-0.39, 0.29) is 0 Å². The lowest BCUT2D eigenvalue weighted by molar-refractivity contribution is 0.903. The molecule has 0 atom stereocenters. The molecule has 20 heavy (non-hydrogen) atoms. The maximum absolute atomic E-state index is 4.50. The Hall–Kier alpha value is -2.68. The molecule has 3 rings (SSSR count). The molecule has 3 aromatic rings. The van der Waals surface area contributed by atoms with E-state index in [1.807, 2.05) is 48.3 Å². The lowest BCUT2D eigenvalue weighted by Gasteiger charge is -2.01. The zero-order valence-electron chi connectivity index (χ0n) is 11.3. The number of hydrogen-bond acceptors (Lipinski definition) is 2. The third kappa shape index (κ3) is 2.52. The van der Waals surface area contributed by atoms with Crippen molar-refractivity contribution >= 4 is 12.2 Å². The summed E-state index contributed by atoms with van der Waals surface area (Å²) >= 11 is 0. The highest BCUT2D eigenvalue weighted by molar-refractivity contribution is 5.77. The number of aryl methyl sites for hydroxylation is 1. The molecule has 0 amide bonds. The van der Waals surface area contributed by atoms with Gasteiger partial charge in [0.2, 0.25) is 0 Å². The summed E-state index contributed by atoms with van der Waals surface area (Å²) in [5.41, 5.74) is 4.34. The molecular formula is C17H15N3. The van der Waals surface area contributed by atoms with Crippen LogP contribution < -0.4 is 0 Å². The fourth-order valence-corrected chi connectivity index (χ4v) is 2.10. The van der Waals surface area contributed by atoms with Crippen LogP contribution in [0.3, 0.4) is 0 Å². The molecule has 0 bridgehead atoms. The van der Waals surface area contributed by atoms with Crippen molar-refractivity contribution in [2.45, 2.75) is 0 Å². The smallest absolute Gasteiger partial charge is 0.0956 e. The maximum Gasteiger partial charge on any atom is 0.0956 e. The van der Waals surface area contributed by atoms with Gasteiger partial charge in [-0.25, -0.2) is 4.98 Å². The van der Waals surface area contributed by atoms with Gasteiger partial charge in [-0.15, -0.1) is 0 Å². The van der Waals surface area contributed by atoms with Crippen LogP contribution in [0.4, 0.5) is 0 Å². The molecule has 0 aliphatic carbocycles. The maximum atomic E-state index is 4.50. The molecule has 0 saturated carbocycles. The van der Waals surface area contributed by atoms with Crippen molar-refractivity contribution in [2.24, 2.45) is 7.05 Å². The molecule has 2 heterocycles. The van der Waals surface area contributed by atoms with Gasteiger partial charge >= 0.3 is 0 Å². The van der Waals surface area contributed by atoms with Crippen LogP contribution >= 0.6 is 0 Å². The number of hydrogen-bond donors (Lipinski definition) is 0. The summed E-state index contributed by atoms with van der Waals surface area (Å²) in [7, 11) is 2.01. The van der Waals surface area contributed by atoms with E-state index < -0.39 is 0 Å². The molecule has 0 unspecified atom stereocenters. The van der Waals surface area contributed by atoms with Crippen molar-refractivity contribution in [1.82, 2.24) is 14.5 Å². The SMILES string of the molecule is Cn1cnc(-c2ccccc2)c1C=Cc1ccncc1. The molecular weight excluding hydrogens is 246 g/mol. The van der Waals surface area contributed by atoms with Gasteiger partial charge in [0.1, 0.15) is 0 Å². The first-order chi connectivity index (χ1) is 9.84. The Morgan fingerprint density at radius 2 is 1.70 bits per heavy atom. The second kappa shape index (κ2) is 5.53. The van der Waals surface area contributed by atoms with Crippen molar-refractivity contribution in [3.8, 4) is 11.3 Å². The second-order valence-electron chi connectivity index (χ2n) is 4.57. The molecule has 0 fully saturated rings. The van der Waals surface area contributed by atoms with Gasteiger partial charge in [-0.2, -0.15) is 0 Å². The molecule has 2 aromatic heterocycles. The summed E-state index contributed by atoms with van der Waals surface area (Å²) in [5.74, 6) is 0. The van der Waals surface area contributed by atoms with Crippen LogP contribution in [-0.4, -0.2) is 14.5 Å². The van der Waals surface area contributed by atoms with Crippen LogP contribution in [0.5, 0.6) is 0 Å². The van der Waals surface area contributed by atoms with E-state index in [4.69, 9.17) is 0 Å². The Labute approximate surface area is 118 Å². The molecule has 3 nitrogen and oxygen atoms in total. The molecule has 0 spiro atoms. The molecule has 0 aliphatic heterocycles. The van der Waals surface area contributed by atoms with Gasteiger partial charge in [-0.1, -0.05) is 36.4 Å². The average molecular weight is 261 g/mol. The van der Waals surface area contributed by atoms with Gasteiger partial charge in [0.05, 0.1) is 17.7 Å². The first kappa shape index (κ1) is 12.4. The average Bonchev–Trinajstić information content (AvgIpc) is 2.88. The lowest BCUT2D eigenvalue weighted by Crippen LogP contribution is -1.89. The first-order valence-electron chi connectivity index (χ1n) is 6.49. The van der Waals surface area contributed by atoms with E-state index in [1.165, 1.54) is 0 Å². The van der Waals surface area contributed by atoms with Crippen LogP contribution in [0.2, 0.25) is 0 Å². The summed E-state index contributed by atoms with van der Waals surface area (Å²) in [5, 5.41) is 0. The van der Waals surface area contributed by atoms with Crippen LogP contribution in [-0.2, 0) is 7.05 Å². The van der Waals surface area contributed by atoms with Crippen molar-refractivity contribution in [1.29, 1.82) is 0 Å². The van der Waals surface area contributed by atoms with Crippen molar-refractivity contribution in [2.75, 3.05) is 0 Å². The topological polar surface area (TPSA) is 30.7 Å². The largest absolute Gasteiger partial charge is 0.334 e. The van der Waals surface area contributed by atoms with Crippen LogP contribution in [0.15, 0.2) is 61.2 Å². The molecule has 0 radical (unpaired) electrons. The number of rotatable bonds is 3. The molecule has 98 valence electrons. The van der Waals surface area contributed by atoms with Crippen molar-refractivity contribution < 1.29 is 0 Å². The normalized spacial score (nSPS) is 11.1. The van der Waals surface area contributed by atoms with Crippen LogP contribution in [0, 0.1) is 0 Å². The summed E-state index contributed by atoms with van der Waals surface area (Å²) in [4.78, 5) is 8.52. The Bertz CT molecular complexity index is 713. The zero-order chi connectivity index (χ0) is 13.8. The van der Waals surface area contributed by atoms with Gasteiger partial charge in [-0.3, -0.25) is 4.98 Å². The quantitative estimate of drug-likeness (QED) is 0.720. The minimum Gasteiger partial charge on any atom is -0.334 e. The van der Waals surface area contributed by atoms with Gasteiger partial charge in [-0.05, 0) is 23.8 Å². The first-order valence-corrected chi connectivity index (χ1v) is 6.49. The highest BCUT2D eigenvalue weighted by atomic mass is 15.0. The van der Waals surface area contributed by atoms with E-state index in [2.05, 4.69) is 34.3 Å². The van der Waals surface area contributed by atoms with Crippen LogP contribution in [0.25, 0.3) is 23.4 Å². The fraction of sp³-hybridized carbons (Fsp3) is 0.0588. The Morgan fingerprint density at radius 1 is 0.950 bits per heavy atom. The predicted octanol–water partition coefficient (Wildman–Crippen LogP) is 3.65. The monoisotopic (exact) mass is 261 g/mol. The van der Waals surface area contributed by atoms with Gasteiger partial charge in [0.25, 0.3) is 0 Å². The molecule has 3 heteroatoms. The number of nitrogens with zero attached hydrogens (tertiary/aromatic N) is 3. The summed E-state index contributed by atoms with van der Waals surface area (Å²) in [6, 6.07) is 14.2. The highest BCUT2D eigenvalue weighted by Gasteiger charge is 2.07.